The van der Waals surface area contributed by atoms with E-state index in [1.807, 2.05) is 54.7 Å². The zero-order valence-corrected chi connectivity index (χ0v) is 13.9. The van der Waals surface area contributed by atoms with Crippen molar-refractivity contribution in [3.8, 4) is 0 Å². The summed E-state index contributed by atoms with van der Waals surface area (Å²) in [6, 6.07) is 19.7. The Morgan fingerprint density at radius 2 is 1.88 bits per heavy atom. The first-order chi connectivity index (χ1) is 12.3. The van der Waals surface area contributed by atoms with Crippen LogP contribution in [0.5, 0.6) is 0 Å². The van der Waals surface area contributed by atoms with Crippen molar-refractivity contribution in [1.29, 1.82) is 0 Å². The molecule has 25 heavy (non-hydrogen) atoms. The van der Waals surface area contributed by atoms with Gasteiger partial charge in [-0.3, -0.25) is 4.99 Å². The van der Waals surface area contributed by atoms with Crippen molar-refractivity contribution < 1.29 is 4.42 Å². The lowest BCUT2D eigenvalue weighted by Crippen LogP contribution is -2.16. The van der Waals surface area contributed by atoms with Crippen LogP contribution < -0.4 is 5.63 Å². The van der Waals surface area contributed by atoms with Gasteiger partial charge in [0.15, 0.2) is 0 Å². The van der Waals surface area contributed by atoms with E-state index in [4.69, 9.17) is 4.42 Å². The molecule has 0 saturated carbocycles. The van der Waals surface area contributed by atoms with E-state index in [0.717, 1.165) is 35.9 Å². The van der Waals surface area contributed by atoms with Gasteiger partial charge in [0.1, 0.15) is 5.58 Å². The lowest BCUT2D eigenvalue weighted by molar-refractivity contribution is 0.553. The standard InChI is InChI=1S/C22H19NO2/c24-22-20(15-18-8-4-5-9-21(18)25-22)19(17-10-12-23-13-11-17)14-16-6-2-1-3-7-16/h1-9,12,14-15,17H,10-11,13H2. The molecule has 0 bridgehead atoms. The van der Waals surface area contributed by atoms with Crippen LogP contribution in [0, 0.1) is 5.92 Å². The van der Waals surface area contributed by atoms with E-state index < -0.39 is 0 Å². The minimum absolute atomic E-state index is 0.275. The summed E-state index contributed by atoms with van der Waals surface area (Å²) in [5.74, 6) is 0.279. The number of allylic oxidation sites excluding steroid dienone is 1. The number of nitrogens with zero attached hydrogens (tertiary/aromatic N) is 1. The van der Waals surface area contributed by atoms with Gasteiger partial charge in [-0.2, -0.15) is 0 Å². The maximum atomic E-state index is 12.7. The highest BCUT2D eigenvalue weighted by Crippen LogP contribution is 2.31. The second kappa shape index (κ2) is 6.89. The van der Waals surface area contributed by atoms with Gasteiger partial charge in [0.25, 0.3) is 0 Å². The molecule has 4 rings (SSSR count). The molecule has 0 N–H and O–H groups in total. The van der Waals surface area contributed by atoms with E-state index >= 15 is 0 Å². The van der Waals surface area contributed by atoms with Crippen LogP contribution in [0.1, 0.15) is 24.0 Å². The Morgan fingerprint density at radius 3 is 2.68 bits per heavy atom. The third kappa shape index (κ3) is 3.31. The quantitative estimate of drug-likeness (QED) is 0.647. The van der Waals surface area contributed by atoms with E-state index in [1.165, 1.54) is 0 Å². The smallest absolute Gasteiger partial charge is 0.343 e. The normalized spacial score (nSPS) is 17.8. The first-order valence-corrected chi connectivity index (χ1v) is 8.59. The molecule has 3 nitrogen and oxygen atoms in total. The Kier molecular flexibility index (Phi) is 4.30. The van der Waals surface area contributed by atoms with E-state index in [9.17, 15) is 4.79 Å². The van der Waals surface area contributed by atoms with E-state index in [1.54, 1.807) is 0 Å². The summed E-state index contributed by atoms with van der Waals surface area (Å²) in [4.78, 5) is 17.0. The fourth-order valence-electron chi connectivity index (χ4n) is 3.33. The van der Waals surface area contributed by atoms with Crippen LogP contribution in [0.15, 0.2) is 74.9 Å². The number of hydrogen-bond acceptors (Lipinski definition) is 3. The van der Waals surface area contributed by atoms with Crippen molar-refractivity contribution in [2.45, 2.75) is 12.8 Å². The summed E-state index contributed by atoms with van der Waals surface area (Å²) in [7, 11) is 0. The first kappa shape index (κ1) is 15.6. The van der Waals surface area contributed by atoms with Crippen molar-refractivity contribution in [3.63, 3.8) is 0 Å². The average Bonchev–Trinajstić information content (AvgIpc) is 2.67. The van der Waals surface area contributed by atoms with Gasteiger partial charge in [-0.25, -0.2) is 4.79 Å². The van der Waals surface area contributed by atoms with Crippen molar-refractivity contribution in [1.82, 2.24) is 0 Å². The van der Waals surface area contributed by atoms with E-state index in [2.05, 4.69) is 23.2 Å². The molecule has 124 valence electrons. The van der Waals surface area contributed by atoms with Crippen molar-refractivity contribution in [2.75, 3.05) is 6.54 Å². The number of para-hydroxylation sites is 1. The van der Waals surface area contributed by atoms with Gasteiger partial charge in [-0.05, 0) is 48.2 Å². The Balaban J connectivity index is 1.88. The first-order valence-electron chi connectivity index (χ1n) is 8.59. The fraction of sp³-hybridized carbons (Fsp3) is 0.182. The number of benzene rings is 2. The molecule has 0 saturated heterocycles. The lowest BCUT2D eigenvalue weighted by atomic mass is 9.85. The molecule has 1 aliphatic rings. The zero-order valence-electron chi connectivity index (χ0n) is 13.9. The van der Waals surface area contributed by atoms with Gasteiger partial charge in [-0.1, -0.05) is 54.6 Å². The van der Waals surface area contributed by atoms with Crippen LogP contribution in [0.4, 0.5) is 0 Å². The molecule has 0 radical (unpaired) electrons. The molecule has 3 aromatic rings. The van der Waals surface area contributed by atoms with Crippen LogP contribution >= 0.6 is 0 Å². The Hall–Kier alpha value is -2.94. The second-order valence-electron chi connectivity index (χ2n) is 6.31. The third-order valence-corrected chi connectivity index (χ3v) is 4.64. The van der Waals surface area contributed by atoms with Gasteiger partial charge in [-0.15, -0.1) is 0 Å². The van der Waals surface area contributed by atoms with Crippen LogP contribution in [0.3, 0.4) is 0 Å². The van der Waals surface area contributed by atoms with Gasteiger partial charge in [0, 0.05) is 11.9 Å². The van der Waals surface area contributed by atoms with Crippen LogP contribution in [0.25, 0.3) is 22.6 Å². The van der Waals surface area contributed by atoms with Gasteiger partial charge >= 0.3 is 5.63 Å². The average molecular weight is 329 g/mol. The van der Waals surface area contributed by atoms with Crippen LogP contribution in [-0.4, -0.2) is 12.8 Å². The van der Waals surface area contributed by atoms with Gasteiger partial charge in [0.2, 0.25) is 0 Å². The van der Waals surface area contributed by atoms with Gasteiger partial charge < -0.3 is 4.42 Å². The zero-order chi connectivity index (χ0) is 17.1. The molecule has 2 heterocycles. The molecule has 3 heteroatoms. The summed E-state index contributed by atoms with van der Waals surface area (Å²) < 4.78 is 5.57. The monoisotopic (exact) mass is 329 g/mol. The predicted molar refractivity (Wildman–Crippen MR) is 103 cm³/mol. The van der Waals surface area contributed by atoms with Gasteiger partial charge in [0.05, 0.1) is 5.56 Å². The molecule has 0 aliphatic carbocycles. The van der Waals surface area contributed by atoms with Crippen LogP contribution in [-0.2, 0) is 0 Å². The SMILES string of the molecule is O=c1oc2ccccc2cc1C(=Cc1ccccc1)C1CC=NCC1. The number of aliphatic imine (C=N–C) groups is 1. The maximum absolute atomic E-state index is 12.7. The number of fused-ring (bicyclic) bond motifs is 1. The molecule has 1 aliphatic heterocycles. The van der Waals surface area contributed by atoms with Crippen molar-refractivity contribution in [3.05, 3.63) is 82.2 Å². The minimum Gasteiger partial charge on any atom is -0.422 e. The molecule has 1 unspecified atom stereocenters. The minimum atomic E-state index is -0.275. The second-order valence-corrected chi connectivity index (χ2v) is 6.31. The van der Waals surface area contributed by atoms with Crippen molar-refractivity contribution in [2.24, 2.45) is 10.9 Å². The third-order valence-electron chi connectivity index (χ3n) is 4.64. The van der Waals surface area contributed by atoms with Crippen molar-refractivity contribution >= 4 is 28.8 Å². The van der Waals surface area contributed by atoms with E-state index in [-0.39, 0.29) is 11.5 Å². The summed E-state index contributed by atoms with van der Waals surface area (Å²) in [5, 5.41) is 0.945. The molecule has 1 aromatic heterocycles. The molecule has 1 atom stereocenters. The Labute approximate surface area is 146 Å². The molecule has 0 fully saturated rings. The largest absolute Gasteiger partial charge is 0.422 e. The number of hydrogen-bond donors (Lipinski definition) is 0. The lowest BCUT2D eigenvalue weighted by Gasteiger charge is -2.21. The topological polar surface area (TPSA) is 42.6 Å². The molecule has 2 aromatic carbocycles. The number of rotatable bonds is 3. The fourth-order valence-corrected chi connectivity index (χ4v) is 3.33. The summed E-state index contributed by atoms with van der Waals surface area (Å²) in [6.45, 7) is 0.801. The summed E-state index contributed by atoms with van der Waals surface area (Å²) >= 11 is 0. The molecule has 0 spiro atoms. The Bertz CT molecular complexity index is 999. The highest BCUT2D eigenvalue weighted by atomic mass is 16.4. The van der Waals surface area contributed by atoms with E-state index in [0.29, 0.717) is 11.1 Å². The predicted octanol–water partition coefficient (Wildman–Crippen LogP) is 4.81. The van der Waals surface area contributed by atoms with Crippen LogP contribution in [0.2, 0.25) is 0 Å². The Morgan fingerprint density at radius 1 is 1.08 bits per heavy atom. The molecule has 0 amide bonds. The summed E-state index contributed by atoms with van der Waals surface area (Å²) in [6.07, 6.45) is 5.88. The maximum Gasteiger partial charge on any atom is 0.343 e. The highest BCUT2D eigenvalue weighted by Gasteiger charge is 2.21. The molecular formula is C22H19NO2. The highest BCUT2D eigenvalue weighted by molar-refractivity contribution is 5.88. The summed E-state index contributed by atoms with van der Waals surface area (Å²) in [5.41, 5.74) is 3.14. The molecular weight excluding hydrogens is 310 g/mol.